The maximum absolute atomic E-state index is 11.5. The molecule has 0 aromatic carbocycles. The van der Waals surface area contributed by atoms with E-state index in [0.29, 0.717) is 32.1 Å². The first kappa shape index (κ1) is 26.6. The van der Waals surface area contributed by atoms with Crippen LogP contribution in [0.4, 0.5) is 0 Å². The summed E-state index contributed by atoms with van der Waals surface area (Å²) in [4.78, 5) is 12.7. The molecule has 5 atom stereocenters. The van der Waals surface area contributed by atoms with Crippen LogP contribution in [0, 0.1) is 29.1 Å². The van der Waals surface area contributed by atoms with Gasteiger partial charge in [0, 0.05) is 22.6 Å². The Balaban J connectivity index is 1.50. The highest BCUT2D eigenvalue weighted by atomic mass is 32.1. The van der Waals surface area contributed by atoms with E-state index in [1.54, 1.807) is 11.3 Å². The number of esters is 1. The molecular weight excluding hydrogens is 450 g/mol. The van der Waals surface area contributed by atoms with E-state index in [2.05, 4.69) is 17.5 Å². The van der Waals surface area contributed by atoms with Crippen molar-refractivity contribution in [2.45, 2.75) is 75.4 Å². The molecule has 0 bridgehead atoms. The lowest BCUT2D eigenvalue weighted by Gasteiger charge is -2.45. The lowest BCUT2D eigenvalue weighted by molar-refractivity contribution is -0.144. The van der Waals surface area contributed by atoms with Crippen LogP contribution in [-0.2, 0) is 14.9 Å². The van der Waals surface area contributed by atoms with Crippen molar-refractivity contribution in [3.8, 4) is 6.07 Å². The Morgan fingerprint density at radius 2 is 2.18 bits per heavy atom. The normalized spacial score (nSPS) is 27.0. The van der Waals surface area contributed by atoms with Crippen molar-refractivity contribution in [1.82, 2.24) is 0 Å². The molecule has 2 aliphatic carbocycles. The molecule has 2 saturated carbocycles. The highest BCUT2D eigenvalue weighted by Gasteiger charge is 2.45. The maximum Gasteiger partial charge on any atom is 0.305 e. The molecular formula is C27H37NO5S. The van der Waals surface area contributed by atoms with Crippen molar-refractivity contribution < 1.29 is 24.9 Å². The van der Waals surface area contributed by atoms with E-state index >= 15 is 0 Å². The quantitative estimate of drug-likeness (QED) is 0.218. The first-order chi connectivity index (χ1) is 16.5. The minimum absolute atomic E-state index is 0.0362. The van der Waals surface area contributed by atoms with Crippen molar-refractivity contribution in [3.05, 3.63) is 46.7 Å². The average molecular weight is 488 g/mol. The summed E-state index contributed by atoms with van der Waals surface area (Å²) in [6, 6.07) is 6.53. The number of carbonyl (C=O) groups excluding carboxylic acids is 1. The zero-order valence-electron chi connectivity index (χ0n) is 19.7. The molecule has 3 rings (SSSR count). The number of aliphatic hydroxyl groups is 3. The number of hydrogen-bond acceptors (Lipinski definition) is 7. The van der Waals surface area contributed by atoms with Crippen LogP contribution in [0.3, 0.4) is 0 Å². The van der Waals surface area contributed by atoms with Gasteiger partial charge in [-0.1, -0.05) is 36.8 Å². The number of unbranched alkanes of at least 4 members (excludes halogenated alkanes) is 1. The van der Waals surface area contributed by atoms with Gasteiger partial charge < -0.3 is 20.1 Å². The van der Waals surface area contributed by atoms with Crippen LogP contribution < -0.4 is 0 Å². The molecule has 6 nitrogen and oxygen atoms in total. The largest absolute Gasteiger partial charge is 0.463 e. The molecule has 1 heterocycles. The Kier molecular flexibility index (Phi) is 10.3. The molecule has 3 N–H and O–H groups in total. The number of nitriles is 1. The van der Waals surface area contributed by atoms with Crippen LogP contribution in [0.15, 0.2) is 41.8 Å². The molecule has 7 heteroatoms. The van der Waals surface area contributed by atoms with Crippen LogP contribution in [0.25, 0.3) is 0 Å². The molecule has 2 fully saturated rings. The van der Waals surface area contributed by atoms with Crippen LogP contribution >= 0.6 is 11.3 Å². The summed E-state index contributed by atoms with van der Waals surface area (Å²) in [5.74, 6) is -0.569. The van der Waals surface area contributed by atoms with Gasteiger partial charge in [-0.3, -0.25) is 4.79 Å². The predicted molar refractivity (Wildman–Crippen MR) is 132 cm³/mol. The van der Waals surface area contributed by atoms with Gasteiger partial charge in [-0.05, 0) is 62.3 Å². The number of thiophene rings is 1. The van der Waals surface area contributed by atoms with Gasteiger partial charge in [0.2, 0.25) is 0 Å². The Morgan fingerprint density at radius 1 is 1.35 bits per heavy atom. The van der Waals surface area contributed by atoms with Crippen molar-refractivity contribution in [2.75, 3.05) is 13.2 Å². The second kappa shape index (κ2) is 13.2. The Morgan fingerprint density at radius 3 is 2.82 bits per heavy atom. The van der Waals surface area contributed by atoms with Crippen LogP contribution in [0.1, 0.15) is 62.7 Å². The summed E-state index contributed by atoms with van der Waals surface area (Å²) in [6.45, 7) is -0.127. The fraction of sp³-hybridized carbons (Fsp3) is 0.630. The van der Waals surface area contributed by atoms with Gasteiger partial charge in [0.15, 0.2) is 0 Å². The van der Waals surface area contributed by atoms with Crippen LogP contribution in [0.5, 0.6) is 0 Å². The third kappa shape index (κ3) is 6.57. The Labute approximate surface area is 206 Å². The first-order valence-corrected chi connectivity index (χ1v) is 13.3. The summed E-state index contributed by atoms with van der Waals surface area (Å²) < 4.78 is 4.84. The van der Waals surface area contributed by atoms with Gasteiger partial charge in [-0.2, -0.15) is 5.26 Å². The third-order valence-electron chi connectivity index (χ3n) is 7.41. The second-order valence-corrected chi connectivity index (χ2v) is 10.4. The summed E-state index contributed by atoms with van der Waals surface area (Å²) in [5.41, 5.74) is -0.130. The van der Waals surface area contributed by atoms with Crippen LogP contribution in [0.2, 0.25) is 0 Å². The molecule has 34 heavy (non-hydrogen) atoms. The number of ether oxygens (including phenoxy) is 1. The minimum Gasteiger partial charge on any atom is -0.463 e. The topological polar surface area (TPSA) is 111 Å². The van der Waals surface area contributed by atoms with E-state index in [1.807, 2.05) is 30.4 Å². The van der Waals surface area contributed by atoms with Crippen molar-refractivity contribution in [1.29, 1.82) is 5.26 Å². The van der Waals surface area contributed by atoms with Crippen LogP contribution in [-0.4, -0.2) is 46.7 Å². The predicted octanol–water partition coefficient (Wildman–Crippen LogP) is 4.27. The molecule has 2 aliphatic rings. The van der Waals surface area contributed by atoms with E-state index in [9.17, 15) is 20.3 Å². The number of carbonyl (C=O) groups is 1. The van der Waals surface area contributed by atoms with Gasteiger partial charge in [-0.15, -0.1) is 11.3 Å². The summed E-state index contributed by atoms with van der Waals surface area (Å²) in [5, 5.41) is 41.9. The number of hydrogen-bond donors (Lipinski definition) is 3. The molecule has 0 radical (unpaired) electrons. The molecule has 0 spiro atoms. The number of rotatable bonds is 13. The fourth-order valence-electron chi connectivity index (χ4n) is 5.31. The molecule has 0 aliphatic heterocycles. The fourth-order valence-corrected chi connectivity index (χ4v) is 6.34. The van der Waals surface area contributed by atoms with Gasteiger partial charge in [0.25, 0.3) is 0 Å². The molecule has 3 unspecified atom stereocenters. The zero-order valence-corrected chi connectivity index (χ0v) is 20.5. The monoisotopic (exact) mass is 487 g/mol. The Hall–Kier alpha value is -1.98. The molecule has 186 valence electrons. The summed E-state index contributed by atoms with van der Waals surface area (Å²) in [6.07, 6.45) is 13.7. The average Bonchev–Trinajstić information content (AvgIpc) is 3.43. The van der Waals surface area contributed by atoms with E-state index in [1.165, 1.54) is 4.88 Å². The van der Waals surface area contributed by atoms with E-state index in [0.717, 1.165) is 25.7 Å². The number of allylic oxidation sites excluding steroid dienone is 2. The lowest BCUT2D eigenvalue weighted by atomic mass is 9.63. The standard InChI is InChI=1S/C27H37NO5S/c28-19-20-18-23(30)22(21(20)8-3-1-2-4-12-26(32)33-16-15-29)9-5-10-24(31)27(13-7-14-27)25-11-6-17-34-25/h1,3,5-6,9,11,17,20-24,29-31H,2,4,7-8,10,12-16,18H2/b3-1-,9-5+/t20?,21-,22?,23+,24?/m0/s1. The smallest absolute Gasteiger partial charge is 0.305 e. The molecule has 0 amide bonds. The van der Waals surface area contributed by atoms with Gasteiger partial charge in [0.1, 0.15) is 6.61 Å². The van der Waals surface area contributed by atoms with E-state index < -0.39 is 12.2 Å². The molecule has 1 aromatic rings. The maximum atomic E-state index is 11.5. The Bertz CT molecular complexity index is 855. The van der Waals surface area contributed by atoms with Gasteiger partial charge in [0.05, 0.1) is 30.8 Å². The van der Waals surface area contributed by atoms with Crippen molar-refractivity contribution >= 4 is 17.3 Å². The van der Waals surface area contributed by atoms with Gasteiger partial charge >= 0.3 is 5.97 Å². The highest BCUT2D eigenvalue weighted by Crippen LogP contribution is 2.49. The van der Waals surface area contributed by atoms with Gasteiger partial charge in [-0.25, -0.2) is 0 Å². The van der Waals surface area contributed by atoms with Crippen molar-refractivity contribution in [2.24, 2.45) is 17.8 Å². The first-order valence-electron chi connectivity index (χ1n) is 12.4. The van der Waals surface area contributed by atoms with Crippen molar-refractivity contribution in [3.63, 3.8) is 0 Å². The number of nitrogens with zero attached hydrogens (tertiary/aromatic N) is 1. The highest BCUT2D eigenvalue weighted by molar-refractivity contribution is 7.10. The summed E-state index contributed by atoms with van der Waals surface area (Å²) >= 11 is 1.71. The molecule has 1 aromatic heterocycles. The SMILES string of the molecule is N#CC1C[C@@H](O)C(/C=C/CC(O)C2(c3cccs3)CCC2)[C@H]1C/C=C\CCCC(=O)OCCO. The van der Waals surface area contributed by atoms with E-state index in [-0.39, 0.29) is 42.4 Å². The van der Waals surface area contributed by atoms with E-state index in [4.69, 9.17) is 9.84 Å². The lowest BCUT2D eigenvalue weighted by Crippen LogP contribution is -2.44. The summed E-state index contributed by atoms with van der Waals surface area (Å²) in [7, 11) is 0. The zero-order chi connectivity index (χ0) is 24.4. The second-order valence-electron chi connectivity index (χ2n) is 9.49. The number of aliphatic hydroxyl groups excluding tert-OH is 3. The third-order valence-corrected chi connectivity index (χ3v) is 8.50. The minimum atomic E-state index is -0.548. The molecule has 0 saturated heterocycles.